The molecule has 0 amide bonds. The Hall–Kier alpha value is -1.81. The molecule has 11 heteroatoms. The van der Waals surface area contributed by atoms with Crippen molar-refractivity contribution in [2.24, 2.45) is 0 Å². The minimum Gasteiger partial charge on any atom is -0.367 e. The van der Waals surface area contributed by atoms with Crippen LogP contribution in [0, 0.1) is 0 Å². The Morgan fingerprint density at radius 2 is 1.83 bits per heavy atom. The summed E-state index contributed by atoms with van der Waals surface area (Å²) in [5, 5.41) is 11.7. The SMILES string of the molecule is O=C(C1=CCC(Cl)C=C1)c1cc(C(O)(C(F)(F)F)C(F)(F)F)on1. The Morgan fingerprint density at radius 1 is 1.25 bits per heavy atom. The second kappa shape index (κ2) is 5.92. The van der Waals surface area contributed by atoms with Gasteiger partial charge in [-0.1, -0.05) is 23.4 Å². The standard InChI is InChI=1S/C13H8ClF6NO3/c14-7-3-1-6(2-4-7)10(22)8-5-9(24-21-8)11(23,12(15,16)17)13(18,19)20/h1-3,5,7,23H,4H2. The zero-order chi connectivity index (χ0) is 18.3. The molecule has 1 heterocycles. The molecule has 0 bridgehead atoms. The third kappa shape index (κ3) is 3.07. The molecule has 2 rings (SSSR count). The highest BCUT2D eigenvalue weighted by Crippen LogP contribution is 2.50. The van der Waals surface area contributed by atoms with Gasteiger partial charge in [0, 0.05) is 11.6 Å². The zero-order valence-electron chi connectivity index (χ0n) is 11.5. The van der Waals surface area contributed by atoms with E-state index in [0.29, 0.717) is 0 Å². The van der Waals surface area contributed by atoms with Crippen molar-refractivity contribution in [1.29, 1.82) is 0 Å². The molecule has 1 N–H and O–H groups in total. The van der Waals surface area contributed by atoms with Gasteiger partial charge in [-0.2, -0.15) is 26.3 Å². The molecule has 0 aliphatic heterocycles. The van der Waals surface area contributed by atoms with E-state index in [-0.39, 0.29) is 23.4 Å². The average molecular weight is 376 g/mol. The molecule has 0 saturated heterocycles. The van der Waals surface area contributed by atoms with E-state index in [2.05, 4.69) is 9.68 Å². The smallest absolute Gasteiger partial charge is 0.367 e. The number of halogens is 7. The first kappa shape index (κ1) is 18.5. The number of carbonyl (C=O) groups excluding carboxylic acids is 1. The molecule has 1 aliphatic rings. The highest BCUT2D eigenvalue weighted by Gasteiger charge is 2.74. The molecule has 4 nitrogen and oxygen atoms in total. The van der Waals surface area contributed by atoms with Crippen molar-refractivity contribution in [3.8, 4) is 0 Å². The van der Waals surface area contributed by atoms with Crippen LogP contribution in [0.25, 0.3) is 0 Å². The molecule has 0 aromatic carbocycles. The van der Waals surface area contributed by atoms with Gasteiger partial charge in [-0.05, 0) is 6.42 Å². The highest BCUT2D eigenvalue weighted by molar-refractivity contribution is 6.22. The van der Waals surface area contributed by atoms with E-state index < -0.39 is 35.2 Å². The number of Topliss-reactive ketones (excluding diaryl/α,β-unsaturated/α-hetero) is 1. The molecule has 0 saturated carbocycles. The van der Waals surface area contributed by atoms with Crippen LogP contribution < -0.4 is 0 Å². The van der Waals surface area contributed by atoms with E-state index in [1.165, 1.54) is 18.2 Å². The molecular formula is C13H8ClF6NO3. The third-order valence-electron chi connectivity index (χ3n) is 3.23. The quantitative estimate of drug-likeness (QED) is 0.497. The molecule has 0 fully saturated rings. The Kier molecular flexibility index (Phi) is 4.57. The van der Waals surface area contributed by atoms with Crippen molar-refractivity contribution in [1.82, 2.24) is 5.16 Å². The van der Waals surface area contributed by atoms with Crippen LogP contribution in [0.5, 0.6) is 0 Å². The molecule has 1 aliphatic carbocycles. The van der Waals surface area contributed by atoms with Gasteiger partial charge < -0.3 is 9.63 Å². The minimum absolute atomic E-state index is 0.0192. The van der Waals surface area contributed by atoms with Crippen molar-refractivity contribution < 1.29 is 40.8 Å². The maximum Gasteiger partial charge on any atom is 0.433 e. The van der Waals surface area contributed by atoms with Gasteiger partial charge in [-0.25, -0.2) is 0 Å². The first-order valence-corrected chi connectivity index (χ1v) is 6.71. The summed E-state index contributed by atoms with van der Waals surface area (Å²) >= 11 is 5.74. The molecule has 1 aromatic heterocycles. The fraction of sp³-hybridized carbons (Fsp3) is 0.385. The number of alkyl halides is 7. The van der Waals surface area contributed by atoms with Gasteiger partial charge >= 0.3 is 18.0 Å². The Balaban J connectivity index is 2.39. The first-order valence-electron chi connectivity index (χ1n) is 6.28. The largest absolute Gasteiger partial charge is 0.433 e. The lowest BCUT2D eigenvalue weighted by Gasteiger charge is -2.29. The van der Waals surface area contributed by atoms with Crippen molar-refractivity contribution in [2.75, 3.05) is 0 Å². The van der Waals surface area contributed by atoms with E-state index in [4.69, 9.17) is 16.7 Å². The third-order valence-corrected chi connectivity index (χ3v) is 3.55. The number of aliphatic hydroxyl groups is 1. The number of carbonyl (C=O) groups is 1. The molecule has 0 radical (unpaired) electrons. The number of hydrogen-bond donors (Lipinski definition) is 1. The van der Waals surface area contributed by atoms with Crippen molar-refractivity contribution in [3.63, 3.8) is 0 Å². The summed E-state index contributed by atoms with van der Waals surface area (Å²) in [5.74, 6) is -2.90. The molecule has 0 spiro atoms. The van der Waals surface area contributed by atoms with E-state index in [1.807, 2.05) is 0 Å². The van der Waals surface area contributed by atoms with Gasteiger partial charge in [0.15, 0.2) is 11.5 Å². The lowest BCUT2D eigenvalue weighted by atomic mass is 9.97. The van der Waals surface area contributed by atoms with Gasteiger partial charge in [0.05, 0.1) is 5.38 Å². The summed E-state index contributed by atoms with van der Waals surface area (Å²) in [6.07, 6.45) is -7.95. The lowest BCUT2D eigenvalue weighted by molar-refractivity contribution is -0.381. The topological polar surface area (TPSA) is 63.3 Å². The fourth-order valence-electron chi connectivity index (χ4n) is 1.90. The van der Waals surface area contributed by atoms with Crippen molar-refractivity contribution in [2.45, 2.75) is 29.8 Å². The predicted molar refractivity (Wildman–Crippen MR) is 68.3 cm³/mol. The monoisotopic (exact) mass is 375 g/mol. The molecule has 1 unspecified atom stereocenters. The number of allylic oxidation sites excluding steroid dienone is 4. The van der Waals surface area contributed by atoms with Crippen LogP contribution in [0.1, 0.15) is 22.7 Å². The molecule has 1 aromatic rings. The minimum atomic E-state index is -6.12. The van der Waals surface area contributed by atoms with Crippen LogP contribution >= 0.6 is 11.6 Å². The van der Waals surface area contributed by atoms with Crippen molar-refractivity contribution >= 4 is 17.4 Å². The molecular weight excluding hydrogens is 368 g/mol. The Bertz CT molecular complexity index is 689. The molecule has 24 heavy (non-hydrogen) atoms. The summed E-state index contributed by atoms with van der Waals surface area (Å²) in [6, 6.07) is 0.116. The maximum absolute atomic E-state index is 12.7. The Morgan fingerprint density at radius 3 is 2.29 bits per heavy atom. The van der Waals surface area contributed by atoms with Gasteiger partial charge in [0.1, 0.15) is 0 Å². The predicted octanol–water partition coefficient (Wildman–Crippen LogP) is 3.66. The Labute approximate surface area is 135 Å². The summed E-state index contributed by atoms with van der Waals surface area (Å²) in [5.41, 5.74) is -6.10. The van der Waals surface area contributed by atoms with Crippen molar-refractivity contribution in [3.05, 3.63) is 41.3 Å². The summed E-state index contributed by atoms with van der Waals surface area (Å²) in [7, 11) is 0. The lowest BCUT2D eigenvalue weighted by Crippen LogP contribution is -2.53. The highest BCUT2D eigenvalue weighted by atomic mass is 35.5. The van der Waals surface area contributed by atoms with E-state index >= 15 is 0 Å². The van der Waals surface area contributed by atoms with Crippen LogP contribution in [-0.4, -0.2) is 33.8 Å². The maximum atomic E-state index is 12.7. The summed E-state index contributed by atoms with van der Waals surface area (Å²) in [6.45, 7) is 0. The van der Waals surface area contributed by atoms with E-state index in [1.54, 1.807) is 0 Å². The van der Waals surface area contributed by atoms with Crippen LogP contribution in [0.15, 0.2) is 34.4 Å². The number of rotatable bonds is 3. The van der Waals surface area contributed by atoms with Crippen LogP contribution in [0.3, 0.4) is 0 Å². The van der Waals surface area contributed by atoms with Crippen LogP contribution in [0.4, 0.5) is 26.3 Å². The first-order chi connectivity index (χ1) is 10.9. The number of nitrogens with zero attached hydrogens (tertiary/aromatic N) is 1. The normalized spacial score (nSPS) is 19.3. The molecule has 1 atom stereocenters. The number of hydrogen-bond acceptors (Lipinski definition) is 4. The number of aromatic nitrogens is 1. The van der Waals surface area contributed by atoms with Crippen LogP contribution in [0.2, 0.25) is 0 Å². The second-order valence-corrected chi connectivity index (χ2v) is 5.44. The van der Waals surface area contributed by atoms with Gasteiger partial charge in [0.2, 0.25) is 5.78 Å². The van der Waals surface area contributed by atoms with E-state index in [9.17, 15) is 31.1 Å². The number of ketones is 1. The van der Waals surface area contributed by atoms with Gasteiger partial charge in [-0.3, -0.25) is 4.79 Å². The summed E-state index contributed by atoms with van der Waals surface area (Å²) in [4.78, 5) is 12.0. The summed E-state index contributed by atoms with van der Waals surface area (Å²) < 4.78 is 80.3. The van der Waals surface area contributed by atoms with E-state index in [0.717, 1.165) is 0 Å². The zero-order valence-corrected chi connectivity index (χ0v) is 12.2. The fourth-order valence-corrected chi connectivity index (χ4v) is 2.07. The molecule has 132 valence electrons. The van der Waals surface area contributed by atoms with Gasteiger partial charge in [0.25, 0.3) is 0 Å². The average Bonchev–Trinajstić information content (AvgIpc) is 2.94. The van der Waals surface area contributed by atoms with Gasteiger partial charge in [-0.15, -0.1) is 11.6 Å². The second-order valence-electron chi connectivity index (χ2n) is 4.88. The van der Waals surface area contributed by atoms with Crippen LogP contribution in [-0.2, 0) is 5.60 Å².